The molecule has 2 N–H and O–H groups in total. The molecule has 1 aliphatic rings. The van der Waals surface area contributed by atoms with Crippen LogP contribution in [0.5, 0.6) is 6.01 Å². The first-order valence-corrected chi connectivity index (χ1v) is 14.2. The van der Waals surface area contributed by atoms with Gasteiger partial charge in [-0.25, -0.2) is 9.49 Å². The van der Waals surface area contributed by atoms with Crippen LogP contribution in [0.2, 0.25) is 0 Å². The molecule has 2 aromatic heterocycles. The third kappa shape index (κ3) is 6.19. The minimum Gasteiger partial charge on any atom is -0.465 e. The third-order valence-electron chi connectivity index (χ3n) is 6.95. The van der Waals surface area contributed by atoms with Crippen LogP contribution in [0.4, 0.5) is 4.39 Å². The lowest BCUT2D eigenvalue weighted by Crippen LogP contribution is -2.32. The van der Waals surface area contributed by atoms with Crippen molar-refractivity contribution >= 4 is 18.5 Å². The van der Waals surface area contributed by atoms with Gasteiger partial charge in [-0.2, -0.15) is 17.6 Å². The van der Waals surface area contributed by atoms with E-state index in [9.17, 15) is 4.79 Å². The highest BCUT2D eigenvalue weighted by atomic mass is 32.1. The first-order chi connectivity index (χ1) is 19.4. The summed E-state index contributed by atoms with van der Waals surface area (Å²) in [6, 6.07) is 13.2. The number of ether oxygens (including phenoxy) is 1. The lowest BCUT2D eigenvalue weighted by Gasteiger charge is -2.17. The Balaban J connectivity index is 1.44. The lowest BCUT2D eigenvalue weighted by atomic mass is 9.98. The van der Waals surface area contributed by atoms with E-state index in [4.69, 9.17) is 9.72 Å². The number of H-pyrrole nitrogens is 1. The molecule has 2 heterocycles. The van der Waals surface area contributed by atoms with Crippen LogP contribution in [0.15, 0.2) is 42.5 Å². The molecule has 4 aromatic rings. The number of aromatic nitrogens is 6. The Bertz CT molecular complexity index is 1470. The summed E-state index contributed by atoms with van der Waals surface area (Å²) in [6.45, 7) is 6.94. The molecule has 1 amide bonds. The van der Waals surface area contributed by atoms with Crippen molar-refractivity contribution in [2.75, 3.05) is 6.61 Å². The van der Waals surface area contributed by atoms with Gasteiger partial charge in [0.1, 0.15) is 5.82 Å². The van der Waals surface area contributed by atoms with Crippen molar-refractivity contribution in [1.82, 2.24) is 35.5 Å². The molecule has 0 spiro atoms. The summed E-state index contributed by atoms with van der Waals surface area (Å²) in [7, 11) is 0. The average molecular weight is 564 g/mol. The van der Waals surface area contributed by atoms with Gasteiger partial charge in [0.2, 0.25) is 5.91 Å². The Morgan fingerprint density at radius 2 is 2.00 bits per heavy atom. The molecule has 1 aliphatic carbocycles. The Labute approximate surface area is 238 Å². The van der Waals surface area contributed by atoms with Crippen LogP contribution in [0, 0.1) is 11.7 Å². The summed E-state index contributed by atoms with van der Waals surface area (Å²) in [5.74, 6) is 0.714. The second kappa shape index (κ2) is 12.2. The largest absolute Gasteiger partial charge is 0.465 e. The normalized spacial score (nSPS) is 13.9. The zero-order chi connectivity index (χ0) is 28.2. The van der Waals surface area contributed by atoms with Crippen molar-refractivity contribution < 1.29 is 13.9 Å². The molecule has 0 unspecified atom stereocenters. The maximum atomic E-state index is 15.7. The van der Waals surface area contributed by atoms with Gasteiger partial charge in [-0.3, -0.25) is 9.36 Å². The highest BCUT2D eigenvalue weighted by Crippen LogP contribution is 2.42. The monoisotopic (exact) mass is 563 g/mol. The minimum absolute atomic E-state index is 0.124. The highest BCUT2D eigenvalue weighted by Gasteiger charge is 2.32. The van der Waals surface area contributed by atoms with Gasteiger partial charge in [0.25, 0.3) is 6.01 Å². The number of tetrazole rings is 1. The number of hydrogen-bond donors (Lipinski definition) is 3. The molecule has 1 atom stereocenters. The van der Waals surface area contributed by atoms with Crippen molar-refractivity contribution in [2.24, 2.45) is 5.92 Å². The van der Waals surface area contributed by atoms with Crippen LogP contribution < -0.4 is 10.1 Å². The van der Waals surface area contributed by atoms with Gasteiger partial charge >= 0.3 is 0 Å². The maximum absolute atomic E-state index is 15.7. The van der Waals surface area contributed by atoms with E-state index in [0.29, 0.717) is 47.8 Å². The van der Waals surface area contributed by atoms with Crippen molar-refractivity contribution in [2.45, 2.75) is 64.3 Å². The summed E-state index contributed by atoms with van der Waals surface area (Å²) in [4.78, 5) is 17.6. The smallest absolute Gasteiger partial charge is 0.297 e. The van der Waals surface area contributed by atoms with E-state index < -0.39 is 5.25 Å². The second-order valence-corrected chi connectivity index (χ2v) is 11.1. The van der Waals surface area contributed by atoms with E-state index in [0.717, 1.165) is 35.4 Å². The summed E-state index contributed by atoms with van der Waals surface area (Å²) in [5, 5.41) is 16.7. The number of hydrogen-bond acceptors (Lipinski definition) is 7. The summed E-state index contributed by atoms with van der Waals surface area (Å²) in [5.41, 5.74) is 4.54. The molecule has 210 valence electrons. The van der Waals surface area contributed by atoms with Gasteiger partial charge in [-0.15, -0.1) is 5.10 Å². The lowest BCUT2D eigenvalue weighted by molar-refractivity contribution is -0.121. The summed E-state index contributed by atoms with van der Waals surface area (Å²) >= 11 is 4.49. The fraction of sp³-hybridized carbons (Fsp3) is 0.414. The van der Waals surface area contributed by atoms with Gasteiger partial charge in [-0.1, -0.05) is 50.2 Å². The standard InChI is InChI=1S/C29H34FN7O2S/c1-4-39-29-32-26(18-9-10-18)24(15-31-28(38)25(40)13-17(2)3)37(29)16-20-12-11-19(14-23(20)30)21-7-5-6-8-22(21)27-33-35-36-34-27/h5-8,11-12,14,17-18,25,40H,4,9-10,13,15-16H2,1-3H3,(H,31,38)(H,33,34,35,36)/t25-/m0/s1. The van der Waals surface area contributed by atoms with E-state index in [2.05, 4.69) is 52.4 Å². The number of amides is 1. The molecule has 11 heteroatoms. The van der Waals surface area contributed by atoms with Gasteiger partial charge in [0.05, 0.1) is 36.3 Å². The number of benzene rings is 2. The Hall–Kier alpha value is -3.73. The van der Waals surface area contributed by atoms with Crippen LogP contribution in [-0.2, 0) is 17.9 Å². The Morgan fingerprint density at radius 3 is 2.65 bits per heavy atom. The summed E-state index contributed by atoms with van der Waals surface area (Å²) in [6.07, 6.45) is 2.76. The van der Waals surface area contributed by atoms with Gasteiger partial charge in [0, 0.05) is 17.0 Å². The molecule has 0 bridgehead atoms. The summed E-state index contributed by atoms with van der Waals surface area (Å²) < 4.78 is 23.4. The zero-order valence-corrected chi connectivity index (χ0v) is 23.8. The SMILES string of the molecule is CCOc1nc(C2CC2)c(CNC(=O)[C@@H](S)CC(C)C)n1Cc1ccc(-c2ccccc2-c2nnn[nH]2)cc1F. The number of carbonyl (C=O) groups excluding carboxylic acids is 1. The van der Waals surface area contributed by atoms with E-state index >= 15 is 4.39 Å². The van der Waals surface area contributed by atoms with Gasteiger partial charge in [-0.05, 0) is 59.7 Å². The molecule has 1 saturated carbocycles. The van der Waals surface area contributed by atoms with Gasteiger partial charge in [0.15, 0.2) is 5.82 Å². The Kier molecular flexibility index (Phi) is 8.49. The molecular formula is C29H34FN7O2S. The number of nitrogens with zero attached hydrogens (tertiary/aromatic N) is 5. The first kappa shape index (κ1) is 27.8. The van der Waals surface area contributed by atoms with Crippen molar-refractivity contribution in [3.8, 4) is 28.5 Å². The van der Waals surface area contributed by atoms with Crippen molar-refractivity contribution in [3.05, 3.63) is 65.2 Å². The molecule has 9 nitrogen and oxygen atoms in total. The molecule has 0 aliphatic heterocycles. The second-order valence-electron chi connectivity index (χ2n) is 10.5. The quantitative estimate of drug-likeness (QED) is 0.206. The topological polar surface area (TPSA) is 111 Å². The molecular weight excluding hydrogens is 529 g/mol. The molecule has 5 rings (SSSR count). The zero-order valence-electron chi connectivity index (χ0n) is 22.9. The average Bonchev–Trinajstić information content (AvgIpc) is 3.52. The van der Waals surface area contributed by atoms with E-state index in [1.807, 2.05) is 41.8 Å². The molecule has 0 radical (unpaired) electrons. The van der Waals surface area contributed by atoms with E-state index in [1.165, 1.54) is 6.07 Å². The fourth-order valence-corrected chi connectivity index (χ4v) is 5.34. The number of nitrogens with one attached hydrogen (secondary N) is 2. The predicted octanol–water partition coefficient (Wildman–Crippen LogP) is 5.15. The van der Waals surface area contributed by atoms with Crippen LogP contribution >= 0.6 is 12.6 Å². The molecule has 1 fully saturated rings. The predicted molar refractivity (Wildman–Crippen MR) is 154 cm³/mol. The highest BCUT2D eigenvalue weighted by molar-refractivity contribution is 7.81. The number of imidazole rings is 1. The van der Waals surface area contributed by atoms with Crippen LogP contribution in [0.1, 0.15) is 62.9 Å². The van der Waals surface area contributed by atoms with Crippen LogP contribution in [-0.4, -0.2) is 47.9 Å². The van der Waals surface area contributed by atoms with E-state index in [-0.39, 0.29) is 24.8 Å². The van der Waals surface area contributed by atoms with E-state index in [1.54, 1.807) is 6.07 Å². The number of halogens is 1. The third-order valence-corrected chi connectivity index (χ3v) is 7.40. The van der Waals surface area contributed by atoms with Crippen LogP contribution in [0.25, 0.3) is 22.5 Å². The molecule has 0 saturated heterocycles. The number of aromatic amines is 1. The fourth-order valence-electron chi connectivity index (χ4n) is 4.82. The Morgan fingerprint density at radius 1 is 1.23 bits per heavy atom. The van der Waals surface area contributed by atoms with Crippen molar-refractivity contribution in [1.29, 1.82) is 0 Å². The number of rotatable bonds is 12. The van der Waals surface area contributed by atoms with Crippen LogP contribution in [0.3, 0.4) is 0 Å². The first-order valence-electron chi connectivity index (χ1n) is 13.7. The van der Waals surface area contributed by atoms with Gasteiger partial charge < -0.3 is 10.1 Å². The molecule has 2 aromatic carbocycles. The number of carbonyl (C=O) groups is 1. The molecule has 40 heavy (non-hydrogen) atoms. The van der Waals surface area contributed by atoms with Crippen molar-refractivity contribution in [3.63, 3.8) is 0 Å². The maximum Gasteiger partial charge on any atom is 0.297 e. The number of thiol groups is 1. The minimum atomic E-state index is -0.396.